The monoisotopic (exact) mass is 342 g/mol. The average molecular weight is 342 g/mol. The molecule has 1 N–H and O–H groups in total. The Balaban J connectivity index is 1.90. The van der Waals surface area contributed by atoms with E-state index in [0.717, 1.165) is 29.9 Å². The Morgan fingerprint density at radius 3 is 3.00 bits per heavy atom. The summed E-state index contributed by atoms with van der Waals surface area (Å²) in [6.45, 7) is 4.19. The van der Waals surface area contributed by atoms with Gasteiger partial charge in [-0.05, 0) is 25.1 Å². The normalized spacial score (nSPS) is 17.9. The molecule has 1 aliphatic heterocycles. The van der Waals surface area contributed by atoms with Crippen LogP contribution in [-0.4, -0.2) is 47.9 Å². The highest BCUT2D eigenvalue weighted by molar-refractivity contribution is 6.02. The summed E-state index contributed by atoms with van der Waals surface area (Å²) in [5, 5.41) is 0.862. The van der Waals surface area contributed by atoms with E-state index in [0.29, 0.717) is 23.6 Å². The van der Waals surface area contributed by atoms with Gasteiger partial charge >= 0.3 is 0 Å². The predicted octanol–water partition coefficient (Wildman–Crippen LogP) is 3.00. The summed E-state index contributed by atoms with van der Waals surface area (Å²) in [6, 6.07) is 4.49. The summed E-state index contributed by atoms with van der Waals surface area (Å²) in [5.41, 5.74) is 2.21. The van der Waals surface area contributed by atoms with Crippen molar-refractivity contribution in [1.29, 1.82) is 0 Å². The van der Waals surface area contributed by atoms with Crippen molar-refractivity contribution in [1.82, 2.24) is 15.0 Å². The largest absolute Gasteiger partial charge is 0.496 e. The van der Waals surface area contributed by atoms with Gasteiger partial charge in [-0.3, -0.25) is 0 Å². The molecule has 0 amide bonds. The number of benzene rings is 1. The molecule has 1 atom stereocenters. The maximum Gasteiger partial charge on any atom is 0.143 e. The van der Waals surface area contributed by atoms with Gasteiger partial charge in [0.05, 0.1) is 25.2 Å². The fourth-order valence-electron chi connectivity index (χ4n) is 3.30. The molecule has 1 aromatic carbocycles. The lowest BCUT2D eigenvalue weighted by molar-refractivity contribution is 0.0530. The Morgan fingerprint density at radius 2 is 2.20 bits per heavy atom. The van der Waals surface area contributed by atoms with Crippen LogP contribution in [0.1, 0.15) is 6.92 Å². The first-order valence-electron chi connectivity index (χ1n) is 8.20. The van der Waals surface area contributed by atoms with E-state index in [-0.39, 0.29) is 11.9 Å². The minimum atomic E-state index is -0.316. The van der Waals surface area contributed by atoms with Gasteiger partial charge in [0.1, 0.15) is 29.4 Å². The minimum absolute atomic E-state index is 0.130. The van der Waals surface area contributed by atoms with E-state index in [9.17, 15) is 4.39 Å². The number of halogens is 1. The quantitative estimate of drug-likeness (QED) is 0.793. The molecule has 6 nitrogen and oxygen atoms in total. The minimum Gasteiger partial charge on any atom is -0.496 e. The molecule has 1 saturated heterocycles. The van der Waals surface area contributed by atoms with Crippen LogP contribution in [0, 0.1) is 5.82 Å². The van der Waals surface area contributed by atoms with Gasteiger partial charge in [0.15, 0.2) is 0 Å². The number of nitrogens with zero attached hydrogens (tertiary/aromatic N) is 3. The number of methoxy groups -OCH3 is 1. The summed E-state index contributed by atoms with van der Waals surface area (Å²) >= 11 is 0. The van der Waals surface area contributed by atoms with Crippen molar-refractivity contribution in [3.63, 3.8) is 0 Å². The van der Waals surface area contributed by atoms with Gasteiger partial charge in [0, 0.05) is 30.4 Å². The van der Waals surface area contributed by atoms with Crippen molar-refractivity contribution in [2.24, 2.45) is 0 Å². The van der Waals surface area contributed by atoms with Crippen molar-refractivity contribution >= 4 is 16.9 Å². The second kappa shape index (κ2) is 6.33. The van der Waals surface area contributed by atoms with E-state index in [1.807, 2.05) is 13.1 Å². The zero-order valence-electron chi connectivity index (χ0n) is 14.1. The van der Waals surface area contributed by atoms with Crippen LogP contribution in [0.15, 0.2) is 30.7 Å². The molecule has 0 bridgehead atoms. The number of H-pyrrole nitrogens is 1. The van der Waals surface area contributed by atoms with E-state index >= 15 is 0 Å². The number of anilines is 1. The third-order valence-electron chi connectivity index (χ3n) is 4.44. The van der Waals surface area contributed by atoms with Crippen LogP contribution in [0.5, 0.6) is 5.75 Å². The van der Waals surface area contributed by atoms with Crippen LogP contribution in [0.4, 0.5) is 10.2 Å². The van der Waals surface area contributed by atoms with Gasteiger partial charge in [0.25, 0.3) is 0 Å². The number of rotatable bonds is 3. The number of nitrogens with one attached hydrogen (secondary N) is 1. The predicted molar refractivity (Wildman–Crippen MR) is 93.5 cm³/mol. The summed E-state index contributed by atoms with van der Waals surface area (Å²) in [4.78, 5) is 14.2. The zero-order chi connectivity index (χ0) is 17.4. The summed E-state index contributed by atoms with van der Waals surface area (Å²) in [7, 11) is 1.58. The van der Waals surface area contributed by atoms with E-state index in [4.69, 9.17) is 9.47 Å². The third-order valence-corrected chi connectivity index (χ3v) is 4.44. The summed E-state index contributed by atoms with van der Waals surface area (Å²) in [5.74, 6) is 1.11. The molecule has 7 heteroatoms. The first-order valence-corrected chi connectivity index (χ1v) is 8.20. The lowest BCUT2D eigenvalue weighted by Gasteiger charge is -2.32. The molecule has 3 heterocycles. The van der Waals surface area contributed by atoms with Crippen molar-refractivity contribution in [3.8, 4) is 16.9 Å². The maximum absolute atomic E-state index is 13.9. The summed E-state index contributed by atoms with van der Waals surface area (Å²) in [6.07, 6.45) is 3.50. The average Bonchev–Trinajstić information content (AvgIpc) is 3.05. The topological polar surface area (TPSA) is 63.3 Å². The van der Waals surface area contributed by atoms with E-state index in [1.165, 1.54) is 12.1 Å². The van der Waals surface area contributed by atoms with E-state index in [2.05, 4.69) is 19.9 Å². The molecular formula is C18H19FN4O2. The highest BCUT2D eigenvalue weighted by Gasteiger charge is 2.23. The van der Waals surface area contributed by atoms with E-state index in [1.54, 1.807) is 19.5 Å². The molecule has 1 fully saturated rings. The number of hydrogen-bond donors (Lipinski definition) is 1. The zero-order valence-corrected chi connectivity index (χ0v) is 14.1. The smallest absolute Gasteiger partial charge is 0.143 e. The van der Waals surface area contributed by atoms with Crippen LogP contribution < -0.4 is 9.64 Å². The molecule has 4 rings (SSSR count). The van der Waals surface area contributed by atoms with Crippen molar-refractivity contribution in [2.45, 2.75) is 13.0 Å². The Morgan fingerprint density at radius 1 is 1.32 bits per heavy atom. The van der Waals surface area contributed by atoms with Gasteiger partial charge in [0.2, 0.25) is 0 Å². The SMILES string of the molecule is COc1ccc(F)cc1-c1c[nH]c2ncnc(N3CCOC(C)C3)c12. The number of morpholine rings is 1. The number of aromatic nitrogens is 3. The lowest BCUT2D eigenvalue weighted by atomic mass is 10.0. The molecule has 0 spiro atoms. The lowest BCUT2D eigenvalue weighted by Crippen LogP contribution is -2.41. The third kappa shape index (κ3) is 2.80. The maximum atomic E-state index is 13.9. The van der Waals surface area contributed by atoms with Crippen molar-refractivity contribution in [2.75, 3.05) is 31.7 Å². The second-order valence-electron chi connectivity index (χ2n) is 6.10. The van der Waals surface area contributed by atoms with Gasteiger partial charge in [-0.1, -0.05) is 0 Å². The van der Waals surface area contributed by atoms with Gasteiger partial charge in [-0.15, -0.1) is 0 Å². The van der Waals surface area contributed by atoms with Crippen LogP contribution in [0.2, 0.25) is 0 Å². The standard InChI is InChI=1S/C18H19FN4O2/c1-11-9-23(5-6-25-11)18-16-14(8-20-17(16)21-10-22-18)13-7-12(19)3-4-15(13)24-2/h3-4,7-8,10-11H,5-6,9H2,1-2H3,(H,20,21,22). The molecule has 0 saturated carbocycles. The van der Waals surface area contributed by atoms with E-state index < -0.39 is 0 Å². The van der Waals surface area contributed by atoms with Crippen molar-refractivity contribution in [3.05, 3.63) is 36.5 Å². The molecule has 0 radical (unpaired) electrons. The molecule has 130 valence electrons. The van der Waals surface area contributed by atoms with Crippen LogP contribution in [0.3, 0.4) is 0 Å². The number of ether oxygens (including phenoxy) is 2. The molecule has 25 heavy (non-hydrogen) atoms. The fourth-order valence-corrected chi connectivity index (χ4v) is 3.30. The Hall–Kier alpha value is -2.67. The highest BCUT2D eigenvalue weighted by Crippen LogP contribution is 2.38. The molecule has 1 aliphatic rings. The highest BCUT2D eigenvalue weighted by atomic mass is 19.1. The van der Waals surface area contributed by atoms with Gasteiger partial charge in [-0.25, -0.2) is 14.4 Å². The van der Waals surface area contributed by atoms with Crippen molar-refractivity contribution < 1.29 is 13.9 Å². The second-order valence-corrected chi connectivity index (χ2v) is 6.10. The van der Waals surface area contributed by atoms with Crippen LogP contribution >= 0.6 is 0 Å². The van der Waals surface area contributed by atoms with Crippen LogP contribution in [0.25, 0.3) is 22.2 Å². The Bertz CT molecular complexity index is 911. The fraction of sp³-hybridized carbons (Fsp3) is 0.333. The molecular weight excluding hydrogens is 323 g/mol. The van der Waals surface area contributed by atoms with Crippen LogP contribution in [-0.2, 0) is 4.74 Å². The van der Waals surface area contributed by atoms with Gasteiger partial charge < -0.3 is 19.4 Å². The Kier molecular flexibility index (Phi) is 4.01. The number of hydrogen-bond acceptors (Lipinski definition) is 5. The molecule has 1 unspecified atom stereocenters. The first-order chi connectivity index (χ1) is 12.2. The van der Waals surface area contributed by atoms with Gasteiger partial charge in [-0.2, -0.15) is 0 Å². The molecule has 3 aromatic rings. The molecule has 0 aliphatic carbocycles. The number of aromatic amines is 1. The Labute approximate surface area is 144 Å². The number of fused-ring (bicyclic) bond motifs is 1. The molecule has 2 aromatic heterocycles. The first kappa shape index (κ1) is 15.8. The summed E-state index contributed by atoms with van der Waals surface area (Å²) < 4.78 is 24.9.